The van der Waals surface area contributed by atoms with Crippen LogP contribution in [0.1, 0.15) is 5.69 Å². The zero-order valence-corrected chi connectivity index (χ0v) is 11.0. The van der Waals surface area contributed by atoms with E-state index in [2.05, 4.69) is 16.5 Å². The maximum atomic E-state index is 10.8. The summed E-state index contributed by atoms with van der Waals surface area (Å²) in [7, 11) is 0. The number of nitrogens with zero attached hydrogens (tertiary/aromatic N) is 5. The van der Waals surface area contributed by atoms with Crippen LogP contribution in [0.15, 0.2) is 24.5 Å². The zero-order chi connectivity index (χ0) is 14.5. The lowest BCUT2D eigenvalue weighted by atomic mass is 10.2. The van der Waals surface area contributed by atoms with Gasteiger partial charge in [0.15, 0.2) is 11.5 Å². The van der Waals surface area contributed by atoms with Gasteiger partial charge >= 0.3 is 5.97 Å². The smallest absolute Gasteiger partial charge is 0.332 e. The molecule has 1 aromatic heterocycles. The number of anilines is 1. The molecule has 2 heterocycles. The van der Waals surface area contributed by atoms with Crippen molar-refractivity contribution in [3.8, 4) is 6.07 Å². The van der Waals surface area contributed by atoms with Crippen LogP contribution in [0, 0.1) is 11.3 Å². The van der Waals surface area contributed by atoms with Crippen LogP contribution in [0.2, 0.25) is 0 Å². The third-order valence-corrected chi connectivity index (χ3v) is 3.17. The van der Waals surface area contributed by atoms with E-state index < -0.39 is 5.97 Å². The molecule has 1 fully saturated rings. The molecule has 1 N–H and O–H groups in total. The molecule has 0 atom stereocenters. The van der Waals surface area contributed by atoms with Gasteiger partial charge in [-0.1, -0.05) is 6.58 Å². The molecule has 0 bridgehead atoms. The normalized spacial score (nSPS) is 15.7. The molecular weight excluding hydrogens is 258 g/mol. The van der Waals surface area contributed by atoms with Crippen LogP contribution < -0.4 is 4.90 Å². The first-order valence-corrected chi connectivity index (χ1v) is 6.21. The number of aliphatic carboxylic acids is 1. The maximum Gasteiger partial charge on any atom is 0.332 e. The highest BCUT2D eigenvalue weighted by Gasteiger charge is 2.21. The Labute approximate surface area is 116 Å². The van der Waals surface area contributed by atoms with Gasteiger partial charge in [0.05, 0.1) is 0 Å². The van der Waals surface area contributed by atoms with Crippen LogP contribution in [0.3, 0.4) is 0 Å². The second-order valence-electron chi connectivity index (χ2n) is 4.51. The van der Waals surface area contributed by atoms with E-state index in [0.29, 0.717) is 44.2 Å². The highest BCUT2D eigenvalue weighted by molar-refractivity contribution is 5.86. The fraction of sp³-hybridized carbons (Fsp3) is 0.385. The average molecular weight is 273 g/mol. The van der Waals surface area contributed by atoms with E-state index in [-0.39, 0.29) is 5.57 Å². The molecule has 1 saturated heterocycles. The topological polar surface area (TPSA) is 93.4 Å². The maximum absolute atomic E-state index is 10.8. The number of piperazine rings is 1. The SMILES string of the molecule is C=C(CN1CCN(c2nccnc2C#N)CC1)C(=O)O. The van der Waals surface area contributed by atoms with Crippen molar-refractivity contribution in [1.29, 1.82) is 5.26 Å². The van der Waals surface area contributed by atoms with Crippen molar-refractivity contribution in [3.05, 3.63) is 30.2 Å². The average Bonchev–Trinajstić information content (AvgIpc) is 2.48. The van der Waals surface area contributed by atoms with E-state index in [1.165, 1.54) is 6.20 Å². The molecule has 7 heteroatoms. The number of rotatable bonds is 4. The molecule has 1 aliphatic rings. The monoisotopic (exact) mass is 273 g/mol. The van der Waals surface area contributed by atoms with Crippen molar-refractivity contribution in [2.75, 3.05) is 37.6 Å². The Morgan fingerprint density at radius 2 is 2.00 bits per heavy atom. The Bertz CT molecular complexity index is 558. The highest BCUT2D eigenvalue weighted by Crippen LogP contribution is 2.16. The molecule has 7 nitrogen and oxygen atoms in total. The van der Waals surface area contributed by atoms with Crippen molar-refractivity contribution >= 4 is 11.8 Å². The third-order valence-electron chi connectivity index (χ3n) is 3.17. The van der Waals surface area contributed by atoms with Crippen LogP contribution >= 0.6 is 0 Å². The van der Waals surface area contributed by atoms with Crippen LogP contribution in [-0.4, -0.2) is 58.7 Å². The first kappa shape index (κ1) is 14.0. The summed E-state index contributed by atoms with van der Waals surface area (Å²) in [6.45, 7) is 6.65. The number of carboxylic acids is 1. The van der Waals surface area contributed by atoms with Gasteiger partial charge in [-0.25, -0.2) is 14.8 Å². The summed E-state index contributed by atoms with van der Waals surface area (Å²) in [4.78, 5) is 23.0. The molecule has 0 spiro atoms. The summed E-state index contributed by atoms with van der Waals surface area (Å²) in [5.74, 6) is -0.375. The number of hydrogen-bond acceptors (Lipinski definition) is 6. The fourth-order valence-electron chi connectivity index (χ4n) is 2.10. The minimum Gasteiger partial charge on any atom is -0.478 e. The van der Waals surface area contributed by atoms with Crippen molar-refractivity contribution in [2.24, 2.45) is 0 Å². The Balaban J connectivity index is 1.96. The predicted molar refractivity (Wildman–Crippen MR) is 72.2 cm³/mol. The van der Waals surface area contributed by atoms with Gasteiger partial charge in [-0.3, -0.25) is 4.90 Å². The minimum absolute atomic E-state index is 0.190. The third kappa shape index (κ3) is 3.10. The van der Waals surface area contributed by atoms with E-state index in [4.69, 9.17) is 10.4 Å². The van der Waals surface area contributed by atoms with Crippen LogP contribution in [0.25, 0.3) is 0 Å². The van der Waals surface area contributed by atoms with Gasteiger partial charge in [0.1, 0.15) is 6.07 Å². The van der Waals surface area contributed by atoms with E-state index in [0.717, 1.165) is 0 Å². The molecule has 20 heavy (non-hydrogen) atoms. The lowest BCUT2D eigenvalue weighted by Crippen LogP contribution is -2.47. The first-order valence-electron chi connectivity index (χ1n) is 6.21. The quantitative estimate of drug-likeness (QED) is 0.778. The minimum atomic E-state index is -0.965. The second kappa shape index (κ2) is 6.12. The lowest BCUT2D eigenvalue weighted by Gasteiger charge is -2.35. The summed E-state index contributed by atoms with van der Waals surface area (Å²) in [5, 5.41) is 17.8. The Morgan fingerprint density at radius 1 is 1.35 bits per heavy atom. The Kier molecular flexibility index (Phi) is 4.27. The standard InChI is InChI=1S/C13H15N5O2/c1-10(13(19)20)9-17-4-6-18(7-5-17)12-11(8-14)15-2-3-16-12/h2-3H,1,4-7,9H2,(H,19,20). The molecule has 1 aromatic rings. The molecule has 0 amide bonds. The van der Waals surface area contributed by atoms with Gasteiger partial charge in [-0.2, -0.15) is 5.26 Å². The zero-order valence-electron chi connectivity index (χ0n) is 11.0. The molecule has 0 aliphatic carbocycles. The summed E-state index contributed by atoms with van der Waals surface area (Å²) in [6.07, 6.45) is 3.06. The number of aromatic nitrogens is 2. The van der Waals surface area contributed by atoms with Gasteiger partial charge in [-0.15, -0.1) is 0 Å². The Hall–Kier alpha value is -2.46. The van der Waals surface area contributed by atoms with Crippen LogP contribution in [0.5, 0.6) is 0 Å². The number of carbonyl (C=O) groups is 1. The molecule has 104 valence electrons. The summed E-state index contributed by atoms with van der Waals surface area (Å²) < 4.78 is 0. The van der Waals surface area contributed by atoms with Crippen molar-refractivity contribution in [3.63, 3.8) is 0 Å². The molecule has 0 radical (unpaired) electrons. The van der Waals surface area contributed by atoms with Gasteiger partial charge in [0.2, 0.25) is 0 Å². The predicted octanol–water partition coefficient (Wildman–Crippen LogP) is 0.111. The number of carboxylic acid groups (broad SMARTS) is 1. The molecule has 2 rings (SSSR count). The number of hydrogen-bond donors (Lipinski definition) is 1. The lowest BCUT2D eigenvalue weighted by molar-refractivity contribution is -0.132. The number of nitriles is 1. The van der Waals surface area contributed by atoms with Gasteiger partial charge < -0.3 is 10.0 Å². The summed E-state index contributed by atoms with van der Waals surface area (Å²) in [5.41, 5.74) is 0.506. The first-order chi connectivity index (χ1) is 9.61. The van der Waals surface area contributed by atoms with Gasteiger partial charge in [0, 0.05) is 50.7 Å². The molecular formula is C13H15N5O2. The second-order valence-corrected chi connectivity index (χ2v) is 4.51. The van der Waals surface area contributed by atoms with Crippen LogP contribution in [-0.2, 0) is 4.79 Å². The van der Waals surface area contributed by atoms with E-state index >= 15 is 0 Å². The van der Waals surface area contributed by atoms with Crippen molar-refractivity contribution in [2.45, 2.75) is 0 Å². The molecule has 0 aromatic carbocycles. The molecule has 0 unspecified atom stereocenters. The highest BCUT2D eigenvalue weighted by atomic mass is 16.4. The van der Waals surface area contributed by atoms with Crippen molar-refractivity contribution < 1.29 is 9.90 Å². The largest absolute Gasteiger partial charge is 0.478 e. The van der Waals surface area contributed by atoms with E-state index in [9.17, 15) is 4.79 Å². The van der Waals surface area contributed by atoms with Gasteiger partial charge in [0.25, 0.3) is 0 Å². The Morgan fingerprint density at radius 3 is 2.60 bits per heavy atom. The fourth-order valence-corrected chi connectivity index (χ4v) is 2.10. The van der Waals surface area contributed by atoms with Crippen LogP contribution in [0.4, 0.5) is 5.82 Å². The summed E-state index contributed by atoms with van der Waals surface area (Å²) >= 11 is 0. The van der Waals surface area contributed by atoms with Crippen molar-refractivity contribution in [1.82, 2.24) is 14.9 Å². The van der Waals surface area contributed by atoms with Gasteiger partial charge in [-0.05, 0) is 0 Å². The van der Waals surface area contributed by atoms with E-state index in [1.54, 1.807) is 6.20 Å². The molecule has 0 saturated carbocycles. The van der Waals surface area contributed by atoms with E-state index in [1.807, 2.05) is 15.9 Å². The summed E-state index contributed by atoms with van der Waals surface area (Å²) in [6, 6.07) is 2.03. The molecule has 1 aliphatic heterocycles.